The minimum Gasteiger partial charge on any atom is -0.468 e. The zero-order valence-corrected chi connectivity index (χ0v) is 9.51. The van der Waals surface area contributed by atoms with Gasteiger partial charge in [0.1, 0.15) is 5.76 Å². The van der Waals surface area contributed by atoms with Crippen LogP contribution in [0, 0.1) is 0 Å². The molecule has 3 atom stereocenters. The van der Waals surface area contributed by atoms with Gasteiger partial charge in [0.2, 0.25) is 0 Å². The van der Waals surface area contributed by atoms with E-state index in [1.165, 1.54) is 12.2 Å². The lowest BCUT2D eigenvalue weighted by Gasteiger charge is -2.33. The van der Waals surface area contributed by atoms with Crippen LogP contribution in [0.4, 0.5) is 0 Å². The van der Waals surface area contributed by atoms with Crippen LogP contribution in [0.5, 0.6) is 0 Å². The maximum absolute atomic E-state index is 5.46. The van der Waals surface area contributed by atoms with Gasteiger partial charge in [-0.2, -0.15) is 11.8 Å². The van der Waals surface area contributed by atoms with E-state index in [9.17, 15) is 0 Å². The highest BCUT2D eigenvalue weighted by atomic mass is 32.2. The van der Waals surface area contributed by atoms with Gasteiger partial charge in [0, 0.05) is 17.0 Å². The lowest BCUT2D eigenvalue weighted by atomic mass is 10.1. The molecule has 2 rings (SSSR count). The molecule has 0 saturated carbocycles. The fraction of sp³-hybridized carbons (Fsp3) is 0.636. The van der Waals surface area contributed by atoms with Crippen molar-refractivity contribution in [1.29, 1.82) is 0 Å². The molecule has 78 valence electrons. The Balaban J connectivity index is 2.09. The molecule has 0 radical (unpaired) electrons. The summed E-state index contributed by atoms with van der Waals surface area (Å²) in [5, 5.41) is 4.24. The molecule has 3 unspecified atom stereocenters. The van der Waals surface area contributed by atoms with E-state index in [0.717, 1.165) is 5.76 Å². The maximum Gasteiger partial charge on any atom is 0.121 e. The highest BCUT2D eigenvalue weighted by Gasteiger charge is 2.29. The largest absolute Gasteiger partial charge is 0.468 e. The molecule has 2 nitrogen and oxygen atoms in total. The molecule has 0 aliphatic carbocycles. The molecule has 14 heavy (non-hydrogen) atoms. The topological polar surface area (TPSA) is 25.2 Å². The number of thioether (sulfide) groups is 1. The van der Waals surface area contributed by atoms with Crippen LogP contribution in [-0.4, -0.2) is 17.0 Å². The SMILES string of the molecule is CCC1CSC(C)C(c2ccco2)N1. The zero-order valence-electron chi connectivity index (χ0n) is 8.69. The predicted molar refractivity (Wildman–Crippen MR) is 60.6 cm³/mol. The van der Waals surface area contributed by atoms with E-state index in [1.807, 2.05) is 17.8 Å². The second-order valence-corrected chi connectivity index (χ2v) is 5.21. The van der Waals surface area contributed by atoms with Crippen molar-refractivity contribution in [2.45, 2.75) is 37.6 Å². The zero-order chi connectivity index (χ0) is 9.97. The predicted octanol–water partition coefficient (Wildman–Crippen LogP) is 2.82. The number of nitrogens with one attached hydrogen (secondary N) is 1. The van der Waals surface area contributed by atoms with Gasteiger partial charge in [-0.1, -0.05) is 13.8 Å². The first kappa shape index (κ1) is 10.1. The summed E-state index contributed by atoms with van der Waals surface area (Å²) in [5.41, 5.74) is 0. The van der Waals surface area contributed by atoms with E-state index < -0.39 is 0 Å². The quantitative estimate of drug-likeness (QED) is 0.814. The summed E-state index contributed by atoms with van der Waals surface area (Å²) < 4.78 is 5.46. The first-order valence-corrected chi connectivity index (χ1v) is 6.27. The van der Waals surface area contributed by atoms with E-state index in [2.05, 4.69) is 25.2 Å². The van der Waals surface area contributed by atoms with Crippen LogP contribution in [0.2, 0.25) is 0 Å². The second kappa shape index (κ2) is 4.41. The van der Waals surface area contributed by atoms with Crippen molar-refractivity contribution >= 4 is 11.8 Å². The number of hydrogen-bond acceptors (Lipinski definition) is 3. The van der Waals surface area contributed by atoms with Crippen molar-refractivity contribution in [2.75, 3.05) is 5.75 Å². The lowest BCUT2D eigenvalue weighted by molar-refractivity contribution is 0.366. The smallest absolute Gasteiger partial charge is 0.121 e. The summed E-state index contributed by atoms with van der Waals surface area (Å²) >= 11 is 2.03. The molecule has 1 aliphatic heterocycles. The van der Waals surface area contributed by atoms with Gasteiger partial charge in [0.15, 0.2) is 0 Å². The molecule has 1 aromatic heterocycles. The van der Waals surface area contributed by atoms with E-state index in [1.54, 1.807) is 6.26 Å². The van der Waals surface area contributed by atoms with Crippen LogP contribution in [0.1, 0.15) is 32.1 Å². The summed E-state index contributed by atoms with van der Waals surface area (Å²) in [6.45, 7) is 4.49. The van der Waals surface area contributed by atoms with Crippen molar-refractivity contribution in [2.24, 2.45) is 0 Å². The van der Waals surface area contributed by atoms with Crippen LogP contribution in [0.25, 0.3) is 0 Å². The Kier molecular flexibility index (Phi) is 3.19. The van der Waals surface area contributed by atoms with Crippen molar-refractivity contribution < 1.29 is 4.42 Å². The summed E-state index contributed by atoms with van der Waals surface area (Å²) in [7, 11) is 0. The molecular weight excluding hydrogens is 194 g/mol. The Hall–Kier alpha value is -0.410. The van der Waals surface area contributed by atoms with Crippen molar-refractivity contribution in [3.63, 3.8) is 0 Å². The minimum atomic E-state index is 0.383. The molecule has 0 spiro atoms. The first-order valence-electron chi connectivity index (χ1n) is 5.22. The third-order valence-corrected chi connectivity index (χ3v) is 4.18. The summed E-state index contributed by atoms with van der Waals surface area (Å²) in [6, 6.07) is 5.04. The molecule has 1 aliphatic rings. The van der Waals surface area contributed by atoms with E-state index in [-0.39, 0.29) is 0 Å². The monoisotopic (exact) mass is 211 g/mol. The Morgan fingerprint density at radius 1 is 1.64 bits per heavy atom. The molecule has 0 amide bonds. The highest BCUT2D eigenvalue weighted by Crippen LogP contribution is 2.32. The van der Waals surface area contributed by atoms with Gasteiger partial charge < -0.3 is 9.73 Å². The van der Waals surface area contributed by atoms with Gasteiger partial charge in [-0.25, -0.2) is 0 Å². The van der Waals surface area contributed by atoms with Crippen molar-refractivity contribution in [3.05, 3.63) is 24.2 Å². The van der Waals surface area contributed by atoms with Crippen LogP contribution >= 0.6 is 11.8 Å². The molecule has 1 saturated heterocycles. The summed E-state index contributed by atoms with van der Waals surface area (Å²) in [6.07, 6.45) is 2.95. The van der Waals surface area contributed by atoms with Crippen molar-refractivity contribution in [1.82, 2.24) is 5.32 Å². The number of hydrogen-bond donors (Lipinski definition) is 1. The van der Waals surface area contributed by atoms with Gasteiger partial charge in [-0.15, -0.1) is 0 Å². The Labute approximate surface area is 89.4 Å². The van der Waals surface area contributed by atoms with Gasteiger partial charge in [-0.05, 0) is 18.6 Å². The van der Waals surface area contributed by atoms with Crippen LogP contribution in [0.3, 0.4) is 0 Å². The lowest BCUT2D eigenvalue weighted by Crippen LogP contribution is -2.43. The van der Waals surface area contributed by atoms with Gasteiger partial charge in [0.25, 0.3) is 0 Å². The average molecular weight is 211 g/mol. The molecule has 0 bridgehead atoms. The average Bonchev–Trinajstić information content (AvgIpc) is 2.71. The third kappa shape index (κ3) is 1.98. The maximum atomic E-state index is 5.46. The Bertz CT molecular complexity index is 273. The minimum absolute atomic E-state index is 0.383. The molecule has 3 heteroatoms. The van der Waals surface area contributed by atoms with Gasteiger partial charge in [-0.3, -0.25) is 0 Å². The molecule has 2 heterocycles. The molecule has 1 aromatic rings. The third-order valence-electron chi connectivity index (χ3n) is 2.79. The van der Waals surface area contributed by atoms with Crippen LogP contribution in [0.15, 0.2) is 22.8 Å². The Morgan fingerprint density at radius 3 is 3.14 bits per heavy atom. The molecular formula is C11H17NOS. The van der Waals surface area contributed by atoms with Crippen LogP contribution < -0.4 is 5.32 Å². The molecule has 1 N–H and O–H groups in total. The normalized spacial score (nSPS) is 33.1. The van der Waals surface area contributed by atoms with Gasteiger partial charge in [0.05, 0.1) is 12.3 Å². The number of furan rings is 1. The fourth-order valence-corrected chi connectivity index (χ4v) is 3.09. The van der Waals surface area contributed by atoms with E-state index in [0.29, 0.717) is 17.3 Å². The molecule has 1 fully saturated rings. The summed E-state index contributed by atoms with van der Waals surface area (Å²) in [5.74, 6) is 2.29. The number of rotatable bonds is 2. The van der Waals surface area contributed by atoms with Crippen LogP contribution in [-0.2, 0) is 0 Å². The Morgan fingerprint density at radius 2 is 2.50 bits per heavy atom. The van der Waals surface area contributed by atoms with Crippen molar-refractivity contribution in [3.8, 4) is 0 Å². The first-order chi connectivity index (χ1) is 6.81. The highest BCUT2D eigenvalue weighted by molar-refractivity contribution is 8.00. The standard InChI is InChI=1S/C11H17NOS/c1-3-9-7-14-8(2)11(12-9)10-5-4-6-13-10/h4-6,8-9,11-12H,3,7H2,1-2H3. The van der Waals surface area contributed by atoms with Gasteiger partial charge >= 0.3 is 0 Å². The second-order valence-electron chi connectivity index (χ2n) is 3.80. The fourth-order valence-electron chi connectivity index (χ4n) is 1.82. The summed E-state index contributed by atoms with van der Waals surface area (Å²) in [4.78, 5) is 0. The van der Waals surface area contributed by atoms with E-state index >= 15 is 0 Å². The molecule has 0 aromatic carbocycles. The van der Waals surface area contributed by atoms with E-state index in [4.69, 9.17) is 4.42 Å².